The Morgan fingerprint density at radius 3 is 2.59 bits per heavy atom. The summed E-state index contributed by atoms with van der Waals surface area (Å²) in [4.78, 5) is 0. The summed E-state index contributed by atoms with van der Waals surface area (Å²) in [6.07, 6.45) is 3.53. The molecule has 1 aliphatic carbocycles. The average molecular weight is 299 g/mol. The van der Waals surface area contributed by atoms with Crippen LogP contribution < -0.4 is 9.47 Å². The van der Waals surface area contributed by atoms with E-state index in [-0.39, 0.29) is 0 Å². The van der Waals surface area contributed by atoms with E-state index in [0.29, 0.717) is 5.41 Å². The van der Waals surface area contributed by atoms with Gasteiger partial charge in [-0.15, -0.1) is 0 Å². The summed E-state index contributed by atoms with van der Waals surface area (Å²) in [5.74, 6) is 1.70. The van der Waals surface area contributed by atoms with Crippen molar-refractivity contribution >= 4 is 15.9 Å². The Hall–Kier alpha value is -0.700. The summed E-state index contributed by atoms with van der Waals surface area (Å²) >= 11 is 3.55. The summed E-state index contributed by atoms with van der Waals surface area (Å²) in [6.45, 7) is 2.92. The van der Waals surface area contributed by atoms with Crippen molar-refractivity contribution in [1.29, 1.82) is 0 Å². The van der Waals surface area contributed by atoms with Crippen LogP contribution in [0.2, 0.25) is 0 Å². The molecule has 1 aromatic carbocycles. The van der Waals surface area contributed by atoms with E-state index >= 15 is 0 Å². The van der Waals surface area contributed by atoms with Gasteiger partial charge in [0.2, 0.25) is 0 Å². The first-order chi connectivity index (χ1) is 8.23. The van der Waals surface area contributed by atoms with E-state index in [1.54, 1.807) is 7.11 Å². The molecule has 17 heavy (non-hydrogen) atoms. The standard InChI is InChI=1S/C14H19BrO2/c1-3-11-4-5-12(13(8-11)16-2)17-10-14(9-15)6-7-14/h4-5,8H,3,6-7,9-10H2,1-2H3. The Morgan fingerprint density at radius 1 is 1.29 bits per heavy atom. The maximum absolute atomic E-state index is 5.89. The zero-order valence-corrected chi connectivity index (χ0v) is 12.0. The minimum Gasteiger partial charge on any atom is -0.493 e. The van der Waals surface area contributed by atoms with Gasteiger partial charge in [0, 0.05) is 10.7 Å². The Morgan fingerprint density at radius 2 is 2.06 bits per heavy atom. The number of halogens is 1. The molecule has 1 saturated carbocycles. The zero-order valence-electron chi connectivity index (χ0n) is 10.5. The molecule has 1 aromatic rings. The van der Waals surface area contributed by atoms with Crippen LogP contribution in [0.3, 0.4) is 0 Å². The lowest BCUT2D eigenvalue weighted by molar-refractivity contribution is 0.239. The summed E-state index contributed by atoms with van der Waals surface area (Å²) in [7, 11) is 1.69. The Labute approximate surface area is 111 Å². The molecule has 0 N–H and O–H groups in total. The SMILES string of the molecule is CCc1ccc(OCC2(CBr)CC2)c(OC)c1. The highest BCUT2D eigenvalue weighted by Crippen LogP contribution is 2.47. The highest BCUT2D eigenvalue weighted by Gasteiger charge is 2.42. The molecular formula is C14H19BrO2. The lowest BCUT2D eigenvalue weighted by Gasteiger charge is -2.16. The van der Waals surface area contributed by atoms with Gasteiger partial charge in [0.15, 0.2) is 11.5 Å². The first-order valence-electron chi connectivity index (χ1n) is 6.09. The monoisotopic (exact) mass is 298 g/mol. The van der Waals surface area contributed by atoms with Crippen molar-refractivity contribution in [2.45, 2.75) is 26.2 Å². The summed E-state index contributed by atoms with van der Waals surface area (Å²) in [5, 5.41) is 1.02. The lowest BCUT2D eigenvalue weighted by atomic mass is 10.1. The van der Waals surface area contributed by atoms with Crippen LogP contribution in [-0.4, -0.2) is 19.0 Å². The van der Waals surface area contributed by atoms with Crippen LogP contribution in [-0.2, 0) is 6.42 Å². The number of aryl methyl sites for hydroxylation is 1. The molecule has 0 saturated heterocycles. The smallest absolute Gasteiger partial charge is 0.161 e. The van der Waals surface area contributed by atoms with Crippen molar-refractivity contribution in [2.75, 3.05) is 19.0 Å². The van der Waals surface area contributed by atoms with Gasteiger partial charge < -0.3 is 9.47 Å². The third-order valence-electron chi connectivity index (χ3n) is 3.41. The van der Waals surface area contributed by atoms with Crippen LogP contribution in [0.1, 0.15) is 25.3 Å². The van der Waals surface area contributed by atoms with E-state index in [4.69, 9.17) is 9.47 Å². The predicted octanol–water partition coefficient (Wildman–Crippen LogP) is 3.81. The summed E-state index contributed by atoms with van der Waals surface area (Å²) < 4.78 is 11.3. The fourth-order valence-corrected chi connectivity index (χ4v) is 2.50. The molecule has 0 spiro atoms. The molecule has 0 radical (unpaired) electrons. The fraction of sp³-hybridized carbons (Fsp3) is 0.571. The second kappa shape index (κ2) is 5.30. The molecule has 0 atom stereocenters. The second-order valence-corrected chi connectivity index (χ2v) is 5.32. The van der Waals surface area contributed by atoms with E-state index in [1.165, 1.54) is 18.4 Å². The molecular weight excluding hydrogens is 280 g/mol. The van der Waals surface area contributed by atoms with Crippen LogP contribution in [0.5, 0.6) is 11.5 Å². The molecule has 1 aliphatic rings. The molecule has 2 nitrogen and oxygen atoms in total. The number of hydrogen-bond acceptors (Lipinski definition) is 2. The van der Waals surface area contributed by atoms with E-state index in [1.807, 2.05) is 6.07 Å². The van der Waals surface area contributed by atoms with Gasteiger partial charge in [0.1, 0.15) is 0 Å². The Bertz CT molecular complexity index is 386. The van der Waals surface area contributed by atoms with Gasteiger partial charge in [-0.1, -0.05) is 28.9 Å². The van der Waals surface area contributed by atoms with Gasteiger partial charge in [0.25, 0.3) is 0 Å². The van der Waals surface area contributed by atoms with Crippen molar-refractivity contribution < 1.29 is 9.47 Å². The molecule has 0 heterocycles. The van der Waals surface area contributed by atoms with Crippen molar-refractivity contribution in [3.63, 3.8) is 0 Å². The van der Waals surface area contributed by atoms with Gasteiger partial charge in [-0.2, -0.15) is 0 Å². The maximum Gasteiger partial charge on any atom is 0.161 e. The Balaban J connectivity index is 2.04. The highest BCUT2D eigenvalue weighted by atomic mass is 79.9. The van der Waals surface area contributed by atoms with Crippen LogP contribution in [0.25, 0.3) is 0 Å². The lowest BCUT2D eigenvalue weighted by Crippen LogP contribution is -2.14. The molecule has 2 rings (SSSR count). The molecule has 0 bridgehead atoms. The first-order valence-corrected chi connectivity index (χ1v) is 7.21. The molecule has 0 aliphatic heterocycles. The normalized spacial score (nSPS) is 16.6. The van der Waals surface area contributed by atoms with E-state index in [2.05, 4.69) is 35.0 Å². The molecule has 3 heteroatoms. The van der Waals surface area contributed by atoms with E-state index < -0.39 is 0 Å². The Kier molecular flexibility index (Phi) is 3.97. The molecule has 1 fully saturated rings. The third-order valence-corrected chi connectivity index (χ3v) is 4.60. The minimum absolute atomic E-state index is 0.369. The van der Waals surface area contributed by atoms with Gasteiger partial charge in [-0.25, -0.2) is 0 Å². The van der Waals surface area contributed by atoms with Crippen LogP contribution in [0.15, 0.2) is 18.2 Å². The minimum atomic E-state index is 0.369. The number of benzene rings is 1. The molecule has 0 aromatic heterocycles. The third kappa shape index (κ3) is 2.95. The molecule has 0 amide bonds. The van der Waals surface area contributed by atoms with Crippen LogP contribution in [0, 0.1) is 5.41 Å². The number of rotatable bonds is 6. The van der Waals surface area contributed by atoms with Gasteiger partial charge in [0.05, 0.1) is 13.7 Å². The van der Waals surface area contributed by atoms with Crippen LogP contribution in [0.4, 0.5) is 0 Å². The number of hydrogen-bond donors (Lipinski definition) is 0. The number of methoxy groups -OCH3 is 1. The van der Waals surface area contributed by atoms with Gasteiger partial charge in [-0.05, 0) is 37.0 Å². The van der Waals surface area contributed by atoms with E-state index in [0.717, 1.165) is 29.9 Å². The van der Waals surface area contributed by atoms with Crippen molar-refractivity contribution in [1.82, 2.24) is 0 Å². The fourth-order valence-electron chi connectivity index (χ4n) is 1.78. The number of alkyl halides is 1. The average Bonchev–Trinajstić information content (AvgIpc) is 3.16. The summed E-state index contributed by atoms with van der Waals surface area (Å²) in [6, 6.07) is 6.18. The van der Waals surface area contributed by atoms with Crippen LogP contribution >= 0.6 is 15.9 Å². The van der Waals surface area contributed by atoms with Gasteiger partial charge in [-0.3, -0.25) is 0 Å². The van der Waals surface area contributed by atoms with E-state index in [9.17, 15) is 0 Å². The first kappa shape index (κ1) is 12.7. The van der Waals surface area contributed by atoms with Crippen molar-refractivity contribution in [3.8, 4) is 11.5 Å². The maximum atomic E-state index is 5.89. The second-order valence-electron chi connectivity index (χ2n) is 4.76. The summed E-state index contributed by atoms with van der Waals surface area (Å²) in [5.41, 5.74) is 1.64. The quantitative estimate of drug-likeness (QED) is 0.744. The van der Waals surface area contributed by atoms with Gasteiger partial charge >= 0.3 is 0 Å². The molecule has 0 unspecified atom stereocenters. The molecule has 94 valence electrons. The van der Waals surface area contributed by atoms with Crippen molar-refractivity contribution in [2.24, 2.45) is 5.41 Å². The largest absolute Gasteiger partial charge is 0.493 e. The number of ether oxygens (including phenoxy) is 2. The highest BCUT2D eigenvalue weighted by molar-refractivity contribution is 9.09. The van der Waals surface area contributed by atoms with Crippen molar-refractivity contribution in [3.05, 3.63) is 23.8 Å². The predicted molar refractivity (Wildman–Crippen MR) is 73.3 cm³/mol. The topological polar surface area (TPSA) is 18.5 Å². The zero-order chi connectivity index (χ0) is 12.3.